The van der Waals surface area contributed by atoms with Crippen LogP contribution in [0, 0.1) is 0 Å². The molecule has 5 heteroatoms. The first kappa shape index (κ1) is 39.9. The molecule has 0 unspecified atom stereocenters. The van der Waals surface area contributed by atoms with Gasteiger partial charge in [-0.1, -0.05) is 0 Å². The molecule has 59 heavy (non-hydrogen) atoms. The maximum atomic E-state index is 5.65. The average molecular weight is 1070 g/mol. The molecule has 0 saturated carbocycles. The molecule has 0 heterocycles. The van der Waals surface area contributed by atoms with Crippen molar-refractivity contribution in [3.63, 3.8) is 0 Å². The zero-order valence-corrected chi connectivity index (χ0v) is 39.4. The Morgan fingerprint density at radius 1 is 0.186 bits per heavy atom. The van der Waals surface area contributed by atoms with Crippen LogP contribution < -0.4 is 47.7 Å². The number of benzene rings is 9. The van der Waals surface area contributed by atoms with E-state index in [2.05, 4.69) is 273 Å². The number of hydrogen-bond acceptors (Lipinski definition) is 0. The molecule has 0 fully saturated rings. The van der Waals surface area contributed by atoms with Crippen LogP contribution in [0.2, 0.25) is 0 Å². The Hall–Kier alpha value is -4.51. The van der Waals surface area contributed by atoms with Gasteiger partial charge in [0.25, 0.3) is 0 Å². The number of hydrogen-bond donors (Lipinski definition) is 0. The van der Waals surface area contributed by atoms with Crippen LogP contribution in [-0.4, -0.2) is 0 Å². The van der Waals surface area contributed by atoms with Crippen molar-refractivity contribution in [3.8, 4) is 0 Å². The van der Waals surface area contributed by atoms with Crippen molar-refractivity contribution in [2.24, 2.45) is 0 Å². The molecular formula is C54H48AuBrP3. The fourth-order valence-electron chi connectivity index (χ4n) is 8.98. The van der Waals surface area contributed by atoms with Crippen LogP contribution in [0.1, 0.15) is 0 Å². The van der Waals surface area contributed by atoms with Crippen molar-refractivity contribution in [1.82, 2.24) is 0 Å². The molecule has 297 valence electrons. The Balaban J connectivity index is 1.71. The minimum atomic E-state index is -4.23. The van der Waals surface area contributed by atoms with Crippen molar-refractivity contribution >= 4 is 76.2 Å². The molecule has 0 aliphatic rings. The fourth-order valence-corrected chi connectivity index (χ4v) is 159. The van der Waals surface area contributed by atoms with E-state index in [4.69, 9.17) is 13.0 Å². The minimum absolute atomic E-state index is 1.45. The molecule has 0 atom stereocenters. The van der Waals surface area contributed by atoms with Crippen LogP contribution in [0.5, 0.6) is 0 Å². The summed E-state index contributed by atoms with van der Waals surface area (Å²) in [5, 5.41) is 3.02. The van der Waals surface area contributed by atoms with Crippen molar-refractivity contribution in [2.75, 3.05) is 0 Å². The van der Waals surface area contributed by atoms with E-state index >= 15 is 0 Å². The molecule has 0 N–H and O–H groups in total. The Bertz CT molecular complexity index is 2100. The van der Waals surface area contributed by atoms with Crippen LogP contribution in [0.25, 0.3) is 0 Å². The summed E-state index contributed by atoms with van der Waals surface area (Å²) in [5.41, 5.74) is 0. The molecule has 0 aliphatic carbocycles. The van der Waals surface area contributed by atoms with Crippen molar-refractivity contribution in [3.05, 3.63) is 273 Å². The summed E-state index contributed by atoms with van der Waals surface area (Å²) in [6.07, 6.45) is 0. The van der Waals surface area contributed by atoms with Gasteiger partial charge in [-0.05, 0) is 0 Å². The third-order valence-electron chi connectivity index (χ3n) is 11.3. The van der Waals surface area contributed by atoms with Gasteiger partial charge in [0.05, 0.1) is 0 Å². The van der Waals surface area contributed by atoms with Gasteiger partial charge >= 0.3 is 363 Å². The van der Waals surface area contributed by atoms with E-state index in [0.717, 1.165) is 0 Å². The van der Waals surface area contributed by atoms with E-state index in [0.29, 0.717) is 0 Å². The van der Waals surface area contributed by atoms with E-state index in [1.807, 2.05) is 0 Å². The van der Waals surface area contributed by atoms with Crippen LogP contribution in [0.15, 0.2) is 273 Å². The van der Waals surface area contributed by atoms with Gasteiger partial charge in [0, 0.05) is 0 Å². The molecular weight excluding hydrogens is 1020 g/mol. The average Bonchev–Trinajstić information content (AvgIpc) is 3.33. The SMILES string of the molecule is [Br][Au]([PH](c1ccccc1)(c1ccccc1)c1ccccc1)([PH](c1ccccc1)(c1ccccc1)c1ccccc1)[PH](c1ccccc1)(c1ccccc1)c1ccccc1. The molecule has 0 radical (unpaired) electrons. The van der Waals surface area contributed by atoms with E-state index in [1.165, 1.54) is 47.7 Å². The van der Waals surface area contributed by atoms with Gasteiger partial charge in [0.2, 0.25) is 0 Å². The summed E-state index contributed by atoms with van der Waals surface area (Å²) in [6, 6.07) is 106. The van der Waals surface area contributed by atoms with E-state index in [1.54, 1.807) is 0 Å². The zero-order chi connectivity index (χ0) is 40.0. The van der Waals surface area contributed by atoms with Crippen molar-refractivity contribution in [1.29, 1.82) is 0 Å². The summed E-state index contributed by atoms with van der Waals surface area (Å²) in [7, 11) is 0. The van der Waals surface area contributed by atoms with Crippen LogP contribution in [-0.2, 0) is 13.4 Å². The molecule has 9 rings (SSSR count). The van der Waals surface area contributed by atoms with Crippen LogP contribution >= 0.6 is 28.5 Å². The molecule has 9 aromatic carbocycles. The first-order valence-electron chi connectivity index (χ1n) is 20.0. The molecule has 0 amide bonds. The number of rotatable bonds is 12. The van der Waals surface area contributed by atoms with Gasteiger partial charge in [-0.25, -0.2) is 0 Å². The quantitative estimate of drug-likeness (QED) is 0.0845. The van der Waals surface area contributed by atoms with Gasteiger partial charge in [-0.2, -0.15) is 0 Å². The van der Waals surface area contributed by atoms with Gasteiger partial charge in [0.15, 0.2) is 0 Å². The number of halogens is 1. The molecule has 0 aromatic heterocycles. The third kappa shape index (κ3) is 6.43. The monoisotopic (exact) mass is 1070 g/mol. The second-order valence-electron chi connectivity index (χ2n) is 14.5. The third-order valence-corrected chi connectivity index (χ3v) is 120. The van der Waals surface area contributed by atoms with E-state index < -0.39 is 28.9 Å². The fraction of sp³-hybridized carbons (Fsp3) is 0. The van der Waals surface area contributed by atoms with Gasteiger partial charge in [-0.3, -0.25) is 0 Å². The Labute approximate surface area is 359 Å². The predicted octanol–water partition coefficient (Wildman–Crippen LogP) is 10.4. The van der Waals surface area contributed by atoms with Gasteiger partial charge in [-0.15, -0.1) is 0 Å². The summed E-state index contributed by atoms with van der Waals surface area (Å²) in [6.45, 7) is 0. The molecule has 0 bridgehead atoms. The Kier molecular flexibility index (Phi) is 11.9. The summed E-state index contributed by atoms with van der Waals surface area (Å²) >= 11 is 1.41. The Morgan fingerprint density at radius 3 is 0.390 bits per heavy atom. The molecule has 0 spiro atoms. The first-order chi connectivity index (χ1) is 29.2. The zero-order valence-electron chi connectivity index (χ0n) is 32.7. The van der Waals surface area contributed by atoms with E-state index in [-0.39, 0.29) is 0 Å². The van der Waals surface area contributed by atoms with Crippen molar-refractivity contribution in [2.45, 2.75) is 0 Å². The van der Waals surface area contributed by atoms with Gasteiger partial charge < -0.3 is 0 Å². The van der Waals surface area contributed by atoms with E-state index in [9.17, 15) is 0 Å². The molecule has 0 nitrogen and oxygen atoms in total. The van der Waals surface area contributed by atoms with Crippen LogP contribution in [0.4, 0.5) is 0 Å². The second-order valence-corrected chi connectivity index (χ2v) is 76.0. The van der Waals surface area contributed by atoms with Crippen LogP contribution in [0.3, 0.4) is 0 Å². The normalized spacial score (nSPS) is 14.3. The first-order valence-corrected chi connectivity index (χ1v) is 39.9. The summed E-state index contributed by atoms with van der Waals surface area (Å²) < 4.78 is 0. The molecule has 0 saturated heterocycles. The molecule has 9 aromatic rings. The predicted molar refractivity (Wildman–Crippen MR) is 269 cm³/mol. The maximum absolute atomic E-state index is 5.65. The molecule has 0 aliphatic heterocycles. The topological polar surface area (TPSA) is 0 Å². The second kappa shape index (κ2) is 17.6. The summed E-state index contributed by atoms with van der Waals surface area (Å²) in [4.78, 5) is 0. The van der Waals surface area contributed by atoms with Gasteiger partial charge in [0.1, 0.15) is 0 Å². The Morgan fingerprint density at radius 2 is 0.288 bits per heavy atom. The summed E-state index contributed by atoms with van der Waals surface area (Å²) in [5.74, 6) is 0. The standard InChI is InChI=1S/3C18H15P.Au.BrH/c3*1-4-10-16(11-5-1)19(17-12-6-2-7-13-17)18-14-8-3-9-15-18;;/h3*1-15H;;1H/q;;;-2;/p+2. The van der Waals surface area contributed by atoms with Crippen molar-refractivity contribution < 1.29 is 13.4 Å².